The molecule has 2 aromatic heterocycles. The number of hydrogen-bond donors (Lipinski definition) is 2. The van der Waals surface area contributed by atoms with Crippen LogP contribution in [0.4, 0.5) is 5.69 Å². The van der Waals surface area contributed by atoms with Gasteiger partial charge in [0, 0.05) is 18.4 Å². The fraction of sp³-hybridized carbons (Fsp3) is 0.211. The van der Waals surface area contributed by atoms with E-state index in [0.717, 1.165) is 12.8 Å². The molecule has 2 N–H and O–H groups in total. The van der Waals surface area contributed by atoms with Gasteiger partial charge in [0.25, 0.3) is 11.8 Å². The van der Waals surface area contributed by atoms with Crippen molar-refractivity contribution in [1.29, 1.82) is 0 Å². The number of rotatable bonds is 6. The maximum atomic E-state index is 12.6. The molecule has 128 valence electrons. The van der Waals surface area contributed by atoms with Gasteiger partial charge in [-0.15, -0.1) is 0 Å². The van der Waals surface area contributed by atoms with Crippen molar-refractivity contribution < 1.29 is 9.59 Å². The average molecular weight is 336 g/mol. The van der Waals surface area contributed by atoms with Crippen LogP contribution >= 0.6 is 0 Å². The van der Waals surface area contributed by atoms with Gasteiger partial charge in [0.15, 0.2) is 5.69 Å². The summed E-state index contributed by atoms with van der Waals surface area (Å²) in [7, 11) is 0. The Hall–Kier alpha value is -3.15. The van der Waals surface area contributed by atoms with Gasteiger partial charge in [-0.3, -0.25) is 14.0 Å². The number of unbranched alkanes of at least 4 members (excludes halogenated alkanes) is 1. The first-order chi connectivity index (χ1) is 12.2. The van der Waals surface area contributed by atoms with Crippen LogP contribution in [-0.4, -0.2) is 27.7 Å². The molecular weight excluding hydrogens is 316 g/mol. The van der Waals surface area contributed by atoms with Crippen molar-refractivity contribution in [2.75, 3.05) is 11.9 Å². The molecule has 0 saturated heterocycles. The highest BCUT2D eigenvalue weighted by Gasteiger charge is 2.21. The molecule has 0 atom stereocenters. The average Bonchev–Trinajstić information content (AvgIpc) is 3.03. The Kier molecular flexibility index (Phi) is 5.09. The zero-order valence-corrected chi connectivity index (χ0v) is 14.0. The highest BCUT2D eigenvalue weighted by Crippen LogP contribution is 2.15. The summed E-state index contributed by atoms with van der Waals surface area (Å²) >= 11 is 0. The second-order valence-electron chi connectivity index (χ2n) is 5.67. The lowest BCUT2D eigenvalue weighted by Crippen LogP contribution is -2.26. The van der Waals surface area contributed by atoms with Crippen LogP contribution in [0.2, 0.25) is 0 Å². The Morgan fingerprint density at radius 3 is 2.56 bits per heavy atom. The van der Waals surface area contributed by atoms with Crippen LogP contribution in [0.1, 0.15) is 40.9 Å². The summed E-state index contributed by atoms with van der Waals surface area (Å²) in [4.78, 5) is 29.3. The minimum atomic E-state index is -0.345. The normalized spacial score (nSPS) is 10.6. The molecule has 0 aliphatic rings. The van der Waals surface area contributed by atoms with Crippen molar-refractivity contribution in [3.05, 3.63) is 66.2 Å². The molecule has 0 spiro atoms. The van der Waals surface area contributed by atoms with E-state index in [1.807, 2.05) is 24.3 Å². The van der Waals surface area contributed by atoms with Gasteiger partial charge < -0.3 is 10.6 Å². The number of carbonyl (C=O) groups excluding carboxylic acids is 2. The standard InChI is InChI=1S/C19H20N4O2/c1-2-3-12-20-19(25)17-22-16(15-11-7-8-13-23(15)17)18(24)21-14-9-5-4-6-10-14/h4-11,13H,2-3,12H2,1H3,(H,20,25)(H,21,24). The minimum Gasteiger partial charge on any atom is -0.349 e. The highest BCUT2D eigenvalue weighted by atomic mass is 16.2. The second-order valence-corrected chi connectivity index (χ2v) is 5.67. The van der Waals surface area contributed by atoms with E-state index in [4.69, 9.17) is 0 Å². The molecule has 0 fully saturated rings. The zero-order valence-electron chi connectivity index (χ0n) is 14.0. The SMILES string of the molecule is CCCCNC(=O)c1nc(C(=O)Nc2ccccc2)c2ccccn12. The van der Waals surface area contributed by atoms with Gasteiger partial charge in [-0.1, -0.05) is 37.6 Å². The van der Waals surface area contributed by atoms with Crippen molar-refractivity contribution in [1.82, 2.24) is 14.7 Å². The van der Waals surface area contributed by atoms with E-state index in [9.17, 15) is 9.59 Å². The third-order valence-corrected chi connectivity index (χ3v) is 3.81. The lowest BCUT2D eigenvalue weighted by molar-refractivity contribution is 0.0942. The molecule has 6 heteroatoms. The lowest BCUT2D eigenvalue weighted by atomic mass is 10.3. The molecule has 0 bridgehead atoms. The Morgan fingerprint density at radius 2 is 1.80 bits per heavy atom. The Labute approximate surface area is 145 Å². The number of aromatic nitrogens is 2. The molecule has 6 nitrogen and oxygen atoms in total. The van der Waals surface area contributed by atoms with Gasteiger partial charge in [0.2, 0.25) is 5.82 Å². The number of anilines is 1. The molecule has 0 aliphatic carbocycles. The summed E-state index contributed by atoms with van der Waals surface area (Å²) in [6.45, 7) is 2.64. The number of para-hydroxylation sites is 1. The Morgan fingerprint density at radius 1 is 1.04 bits per heavy atom. The van der Waals surface area contributed by atoms with Crippen LogP contribution in [0.15, 0.2) is 54.7 Å². The minimum absolute atomic E-state index is 0.213. The number of amides is 2. The largest absolute Gasteiger partial charge is 0.349 e. The van der Waals surface area contributed by atoms with Gasteiger partial charge in [0.05, 0.1) is 5.52 Å². The van der Waals surface area contributed by atoms with Crippen LogP contribution in [0.25, 0.3) is 5.52 Å². The maximum Gasteiger partial charge on any atom is 0.287 e. The summed E-state index contributed by atoms with van der Waals surface area (Å²) in [5.41, 5.74) is 1.50. The number of fused-ring (bicyclic) bond motifs is 1. The van der Waals surface area contributed by atoms with Gasteiger partial charge >= 0.3 is 0 Å². The second kappa shape index (κ2) is 7.61. The van der Waals surface area contributed by atoms with E-state index < -0.39 is 0 Å². The first-order valence-electron chi connectivity index (χ1n) is 8.32. The predicted octanol–water partition coefficient (Wildman–Crippen LogP) is 3.12. The van der Waals surface area contributed by atoms with E-state index in [1.54, 1.807) is 34.9 Å². The molecule has 1 aromatic carbocycles. The predicted molar refractivity (Wildman–Crippen MR) is 96.8 cm³/mol. The number of hydrogen-bond acceptors (Lipinski definition) is 3. The number of benzene rings is 1. The lowest BCUT2D eigenvalue weighted by Gasteiger charge is -2.03. The van der Waals surface area contributed by atoms with E-state index in [2.05, 4.69) is 22.5 Å². The van der Waals surface area contributed by atoms with Crippen LogP contribution in [0, 0.1) is 0 Å². The van der Waals surface area contributed by atoms with Gasteiger partial charge in [-0.2, -0.15) is 0 Å². The van der Waals surface area contributed by atoms with Crippen molar-refractivity contribution in [2.45, 2.75) is 19.8 Å². The van der Waals surface area contributed by atoms with Crippen LogP contribution < -0.4 is 10.6 Å². The highest BCUT2D eigenvalue weighted by molar-refractivity contribution is 6.08. The number of nitrogens with one attached hydrogen (secondary N) is 2. The summed E-state index contributed by atoms with van der Waals surface area (Å²) in [5, 5.41) is 5.65. The van der Waals surface area contributed by atoms with Crippen LogP contribution in [0.5, 0.6) is 0 Å². The molecule has 0 aliphatic heterocycles. The third-order valence-electron chi connectivity index (χ3n) is 3.81. The van der Waals surface area contributed by atoms with Gasteiger partial charge in [-0.05, 0) is 30.7 Å². The fourth-order valence-corrected chi connectivity index (χ4v) is 2.53. The van der Waals surface area contributed by atoms with E-state index >= 15 is 0 Å². The molecular formula is C19H20N4O2. The fourth-order valence-electron chi connectivity index (χ4n) is 2.53. The van der Waals surface area contributed by atoms with Crippen molar-refractivity contribution in [2.24, 2.45) is 0 Å². The molecule has 25 heavy (non-hydrogen) atoms. The smallest absolute Gasteiger partial charge is 0.287 e. The van der Waals surface area contributed by atoms with Crippen LogP contribution in [0.3, 0.4) is 0 Å². The summed E-state index contributed by atoms with van der Waals surface area (Å²) in [6, 6.07) is 14.5. The number of imidazole rings is 1. The summed E-state index contributed by atoms with van der Waals surface area (Å²) < 4.78 is 1.64. The molecule has 0 saturated carbocycles. The molecule has 0 radical (unpaired) electrons. The zero-order chi connectivity index (χ0) is 17.6. The first-order valence-corrected chi connectivity index (χ1v) is 8.32. The number of pyridine rings is 1. The molecule has 3 rings (SSSR count). The van der Waals surface area contributed by atoms with Gasteiger partial charge in [0.1, 0.15) is 0 Å². The van der Waals surface area contributed by atoms with Crippen LogP contribution in [-0.2, 0) is 0 Å². The number of carbonyl (C=O) groups is 2. The van der Waals surface area contributed by atoms with E-state index in [0.29, 0.717) is 17.7 Å². The summed E-state index contributed by atoms with van der Waals surface area (Å²) in [5.74, 6) is -0.416. The monoisotopic (exact) mass is 336 g/mol. The maximum absolute atomic E-state index is 12.6. The first kappa shape index (κ1) is 16.7. The third kappa shape index (κ3) is 3.68. The summed E-state index contributed by atoms with van der Waals surface area (Å²) in [6.07, 6.45) is 3.63. The van der Waals surface area contributed by atoms with Gasteiger partial charge in [-0.25, -0.2) is 4.98 Å². The van der Waals surface area contributed by atoms with E-state index in [1.165, 1.54) is 0 Å². The quantitative estimate of drug-likeness (QED) is 0.679. The molecule has 2 heterocycles. The molecule has 0 unspecified atom stereocenters. The molecule has 3 aromatic rings. The van der Waals surface area contributed by atoms with Crippen molar-refractivity contribution in [3.8, 4) is 0 Å². The Balaban J connectivity index is 1.91. The van der Waals surface area contributed by atoms with Crippen molar-refractivity contribution in [3.63, 3.8) is 0 Å². The topological polar surface area (TPSA) is 75.5 Å². The Bertz CT molecular complexity index is 887. The number of nitrogens with zero attached hydrogens (tertiary/aromatic N) is 2. The van der Waals surface area contributed by atoms with Crippen molar-refractivity contribution >= 4 is 23.0 Å². The molecule has 2 amide bonds. The van der Waals surface area contributed by atoms with E-state index in [-0.39, 0.29) is 23.3 Å².